The van der Waals surface area contributed by atoms with Crippen molar-refractivity contribution in [1.29, 1.82) is 0 Å². The Kier molecular flexibility index (Phi) is 3.65. The van der Waals surface area contributed by atoms with Crippen LogP contribution in [0.25, 0.3) is 0 Å². The van der Waals surface area contributed by atoms with Crippen molar-refractivity contribution in [3.8, 4) is 0 Å². The Bertz CT molecular complexity index is 635. The monoisotopic (exact) mass is 257 g/mol. The van der Waals surface area contributed by atoms with Crippen molar-refractivity contribution in [2.45, 2.75) is 20.3 Å². The Morgan fingerprint density at radius 2 is 1.84 bits per heavy atom. The van der Waals surface area contributed by atoms with Crippen LogP contribution in [-0.2, 0) is 6.42 Å². The highest BCUT2D eigenvalue weighted by Crippen LogP contribution is 2.17. The van der Waals surface area contributed by atoms with E-state index in [9.17, 15) is 9.18 Å². The minimum Gasteiger partial charge on any atom is -0.398 e. The molecule has 0 saturated carbocycles. The van der Waals surface area contributed by atoms with E-state index >= 15 is 0 Å². The molecule has 0 aliphatic heterocycles. The highest BCUT2D eigenvalue weighted by Gasteiger charge is 2.10. The summed E-state index contributed by atoms with van der Waals surface area (Å²) in [6, 6.07) is 9.76. The Hall–Kier alpha value is -2.16. The van der Waals surface area contributed by atoms with Crippen LogP contribution >= 0.6 is 0 Å². The van der Waals surface area contributed by atoms with Crippen LogP contribution < -0.4 is 5.73 Å². The lowest BCUT2D eigenvalue weighted by Crippen LogP contribution is -2.06. The van der Waals surface area contributed by atoms with Gasteiger partial charge in [-0.25, -0.2) is 4.39 Å². The number of anilines is 1. The van der Waals surface area contributed by atoms with Crippen molar-refractivity contribution in [3.05, 3.63) is 64.5 Å². The standard InChI is InChI=1S/C16H16FNO/c1-10-3-4-13(8-15(10)18)16(19)9-12-5-6-14(17)7-11(12)2/h3-8H,9,18H2,1-2H3. The van der Waals surface area contributed by atoms with Crippen LogP contribution in [0.15, 0.2) is 36.4 Å². The maximum atomic E-state index is 13.0. The maximum Gasteiger partial charge on any atom is 0.167 e. The van der Waals surface area contributed by atoms with Crippen LogP contribution in [0.4, 0.5) is 10.1 Å². The van der Waals surface area contributed by atoms with Crippen LogP contribution in [0.2, 0.25) is 0 Å². The highest BCUT2D eigenvalue weighted by atomic mass is 19.1. The smallest absolute Gasteiger partial charge is 0.167 e. The van der Waals surface area contributed by atoms with Gasteiger partial charge in [0, 0.05) is 17.7 Å². The number of carbonyl (C=O) groups is 1. The van der Waals surface area contributed by atoms with Gasteiger partial charge in [0.1, 0.15) is 5.82 Å². The third kappa shape index (κ3) is 2.99. The summed E-state index contributed by atoms with van der Waals surface area (Å²) in [6.07, 6.45) is 0.259. The quantitative estimate of drug-likeness (QED) is 0.676. The van der Waals surface area contributed by atoms with E-state index in [-0.39, 0.29) is 18.0 Å². The van der Waals surface area contributed by atoms with E-state index in [0.717, 1.165) is 16.7 Å². The van der Waals surface area contributed by atoms with Gasteiger partial charge in [-0.1, -0.05) is 18.2 Å². The van der Waals surface area contributed by atoms with E-state index in [1.807, 2.05) is 13.0 Å². The first-order valence-corrected chi connectivity index (χ1v) is 6.11. The van der Waals surface area contributed by atoms with Crippen molar-refractivity contribution in [1.82, 2.24) is 0 Å². The fraction of sp³-hybridized carbons (Fsp3) is 0.188. The summed E-state index contributed by atoms with van der Waals surface area (Å²) < 4.78 is 13.0. The minimum atomic E-state index is -0.284. The Labute approximate surface area is 112 Å². The number of aryl methyl sites for hydroxylation is 2. The van der Waals surface area contributed by atoms with Gasteiger partial charge >= 0.3 is 0 Å². The number of hydrogen-bond acceptors (Lipinski definition) is 2. The first-order valence-electron chi connectivity index (χ1n) is 6.11. The summed E-state index contributed by atoms with van der Waals surface area (Å²) in [4.78, 5) is 12.2. The fourth-order valence-corrected chi connectivity index (χ4v) is 1.95. The van der Waals surface area contributed by atoms with Gasteiger partial charge in [-0.3, -0.25) is 4.79 Å². The molecule has 2 N–H and O–H groups in total. The molecule has 0 radical (unpaired) electrons. The molecule has 2 rings (SSSR count). The van der Waals surface area contributed by atoms with Crippen LogP contribution in [0.1, 0.15) is 27.0 Å². The predicted octanol–water partition coefficient (Wildman–Crippen LogP) is 3.45. The molecule has 0 spiro atoms. The normalized spacial score (nSPS) is 10.5. The van der Waals surface area contributed by atoms with E-state index in [1.165, 1.54) is 12.1 Å². The third-order valence-electron chi connectivity index (χ3n) is 3.26. The largest absolute Gasteiger partial charge is 0.398 e. The number of Topliss-reactive ketones (excluding diaryl/α,β-unsaturated/α-hetero) is 1. The Balaban J connectivity index is 2.23. The zero-order chi connectivity index (χ0) is 14.0. The average Bonchev–Trinajstić information content (AvgIpc) is 2.36. The van der Waals surface area contributed by atoms with Crippen LogP contribution in [0.3, 0.4) is 0 Å². The number of carbonyl (C=O) groups excluding carboxylic acids is 1. The van der Waals surface area contributed by atoms with Crippen molar-refractivity contribution in [2.75, 3.05) is 5.73 Å². The molecular formula is C16H16FNO. The summed E-state index contributed by atoms with van der Waals surface area (Å²) in [7, 11) is 0. The average molecular weight is 257 g/mol. The molecule has 98 valence electrons. The molecule has 0 atom stereocenters. The molecular weight excluding hydrogens is 241 g/mol. The van der Waals surface area contributed by atoms with Gasteiger partial charge in [-0.05, 0) is 48.7 Å². The lowest BCUT2D eigenvalue weighted by molar-refractivity contribution is 0.0993. The molecule has 2 nitrogen and oxygen atoms in total. The molecule has 0 aromatic heterocycles. The Morgan fingerprint density at radius 1 is 1.11 bits per heavy atom. The first-order chi connectivity index (χ1) is 8.97. The van der Waals surface area contributed by atoms with E-state index in [1.54, 1.807) is 25.1 Å². The molecule has 2 aromatic carbocycles. The summed E-state index contributed by atoms with van der Waals surface area (Å²) >= 11 is 0. The lowest BCUT2D eigenvalue weighted by atomic mass is 9.98. The molecule has 2 aromatic rings. The lowest BCUT2D eigenvalue weighted by Gasteiger charge is -2.07. The van der Waals surface area contributed by atoms with E-state index < -0.39 is 0 Å². The zero-order valence-electron chi connectivity index (χ0n) is 11.0. The second kappa shape index (κ2) is 5.22. The molecule has 0 aliphatic rings. The van der Waals surface area contributed by atoms with Crippen LogP contribution in [0.5, 0.6) is 0 Å². The SMILES string of the molecule is Cc1ccc(C(=O)Cc2ccc(F)cc2C)cc1N. The first kappa shape index (κ1) is 13.3. The number of ketones is 1. The highest BCUT2D eigenvalue weighted by molar-refractivity contribution is 5.98. The summed E-state index contributed by atoms with van der Waals surface area (Å²) in [6.45, 7) is 3.70. The summed E-state index contributed by atoms with van der Waals surface area (Å²) in [5.41, 5.74) is 9.58. The fourth-order valence-electron chi connectivity index (χ4n) is 1.95. The van der Waals surface area contributed by atoms with Gasteiger partial charge in [0.15, 0.2) is 5.78 Å². The van der Waals surface area contributed by atoms with E-state index in [2.05, 4.69) is 0 Å². The number of nitrogens with two attached hydrogens (primary N) is 1. The summed E-state index contributed by atoms with van der Waals surface area (Å²) in [5, 5.41) is 0. The third-order valence-corrected chi connectivity index (χ3v) is 3.26. The molecule has 0 bridgehead atoms. The van der Waals surface area contributed by atoms with Gasteiger partial charge in [0.2, 0.25) is 0 Å². The van der Waals surface area contributed by atoms with Gasteiger partial charge in [-0.2, -0.15) is 0 Å². The second-order valence-corrected chi connectivity index (χ2v) is 4.74. The number of rotatable bonds is 3. The van der Waals surface area contributed by atoms with Crippen LogP contribution in [-0.4, -0.2) is 5.78 Å². The second-order valence-electron chi connectivity index (χ2n) is 4.74. The van der Waals surface area contributed by atoms with Crippen molar-refractivity contribution >= 4 is 11.5 Å². The molecule has 0 unspecified atom stereocenters. The molecule has 19 heavy (non-hydrogen) atoms. The van der Waals surface area contributed by atoms with E-state index in [0.29, 0.717) is 11.3 Å². The van der Waals surface area contributed by atoms with Gasteiger partial charge < -0.3 is 5.73 Å². The zero-order valence-corrected chi connectivity index (χ0v) is 11.0. The number of hydrogen-bond donors (Lipinski definition) is 1. The van der Waals surface area contributed by atoms with Gasteiger partial charge in [-0.15, -0.1) is 0 Å². The number of nitrogen functional groups attached to an aromatic ring is 1. The number of halogens is 1. The van der Waals surface area contributed by atoms with Crippen molar-refractivity contribution in [3.63, 3.8) is 0 Å². The van der Waals surface area contributed by atoms with Gasteiger partial charge in [0.05, 0.1) is 0 Å². The topological polar surface area (TPSA) is 43.1 Å². The molecule has 0 aliphatic carbocycles. The number of benzene rings is 2. The molecule has 3 heteroatoms. The van der Waals surface area contributed by atoms with Crippen LogP contribution in [0, 0.1) is 19.7 Å². The maximum absolute atomic E-state index is 13.0. The predicted molar refractivity (Wildman–Crippen MR) is 74.8 cm³/mol. The van der Waals surface area contributed by atoms with Gasteiger partial charge in [0.25, 0.3) is 0 Å². The minimum absolute atomic E-state index is 0.0126. The molecule has 0 heterocycles. The van der Waals surface area contributed by atoms with Crippen molar-refractivity contribution < 1.29 is 9.18 Å². The molecule has 0 fully saturated rings. The molecule has 0 saturated heterocycles. The van der Waals surface area contributed by atoms with E-state index in [4.69, 9.17) is 5.73 Å². The molecule has 0 amide bonds. The van der Waals surface area contributed by atoms with Crippen molar-refractivity contribution in [2.24, 2.45) is 0 Å². The Morgan fingerprint density at radius 3 is 2.47 bits per heavy atom. The summed E-state index contributed by atoms with van der Waals surface area (Å²) in [5.74, 6) is -0.297.